The van der Waals surface area contributed by atoms with Crippen LogP contribution in [0.2, 0.25) is 0 Å². The fourth-order valence-electron chi connectivity index (χ4n) is 2.85. The van der Waals surface area contributed by atoms with Crippen LogP contribution in [0.1, 0.15) is 43.0 Å². The van der Waals surface area contributed by atoms with E-state index in [1.807, 2.05) is 43.1 Å². The molecule has 1 aromatic carbocycles. The standard InChI is InChI=1S/C16H22BrNO2/c1-12(15(19)13-5-7-14(17)8-6-13)18(2)11-16(20)9-3-4-10-16/h5-8,12,20H,3-4,9-11H2,1-2H3. The topological polar surface area (TPSA) is 40.5 Å². The first-order chi connectivity index (χ1) is 9.41. The first kappa shape index (κ1) is 15.7. The summed E-state index contributed by atoms with van der Waals surface area (Å²) in [4.78, 5) is 14.4. The second-order valence-corrected chi connectivity index (χ2v) is 6.81. The molecule has 3 nitrogen and oxygen atoms in total. The first-order valence-corrected chi connectivity index (χ1v) is 7.93. The predicted molar refractivity (Wildman–Crippen MR) is 84.0 cm³/mol. The summed E-state index contributed by atoms with van der Waals surface area (Å²) in [5.74, 6) is 0.0987. The van der Waals surface area contributed by atoms with Gasteiger partial charge in [0, 0.05) is 16.6 Å². The van der Waals surface area contributed by atoms with Crippen LogP contribution in [0.5, 0.6) is 0 Å². The largest absolute Gasteiger partial charge is 0.389 e. The van der Waals surface area contributed by atoms with E-state index in [1.165, 1.54) is 0 Å². The third kappa shape index (κ3) is 3.68. The van der Waals surface area contributed by atoms with Gasteiger partial charge in [0.25, 0.3) is 0 Å². The molecule has 0 saturated heterocycles. The van der Waals surface area contributed by atoms with Gasteiger partial charge in [-0.15, -0.1) is 0 Å². The molecule has 2 rings (SSSR count). The number of benzene rings is 1. The Labute approximate surface area is 129 Å². The third-order valence-corrected chi connectivity index (χ3v) is 4.78. The average Bonchev–Trinajstić information content (AvgIpc) is 2.84. The number of carbonyl (C=O) groups is 1. The molecular formula is C16H22BrNO2. The summed E-state index contributed by atoms with van der Waals surface area (Å²) in [7, 11) is 1.91. The van der Waals surface area contributed by atoms with Gasteiger partial charge in [-0.1, -0.05) is 40.9 Å². The minimum atomic E-state index is -0.608. The Balaban J connectivity index is 2.00. The van der Waals surface area contributed by atoms with Gasteiger partial charge >= 0.3 is 0 Å². The van der Waals surface area contributed by atoms with Gasteiger partial charge in [0.2, 0.25) is 0 Å². The predicted octanol–water partition coefficient (Wildman–Crippen LogP) is 3.26. The number of likely N-dealkylation sites (N-methyl/N-ethyl adjacent to an activating group) is 1. The van der Waals surface area contributed by atoms with E-state index in [4.69, 9.17) is 0 Å². The van der Waals surface area contributed by atoms with Crippen molar-refractivity contribution in [3.63, 3.8) is 0 Å². The molecule has 0 amide bonds. The van der Waals surface area contributed by atoms with Crippen LogP contribution in [-0.4, -0.2) is 41.0 Å². The van der Waals surface area contributed by atoms with Gasteiger partial charge in [-0.3, -0.25) is 9.69 Å². The van der Waals surface area contributed by atoms with Gasteiger partial charge in [-0.25, -0.2) is 0 Å². The molecule has 1 atom stereocenters. The maximum Gasteiger partial charge on any atom is 0.179 e. The van der Waals surface area contributed by atoms with Crippen LogP contribution in [0.3, 0.4) is 0 Å². The molecule has 1 saturated carbocycles. The molecule has 0 aromatic heterocycles. The Bertz CT molecular complexity index is 466. The molecule has 0 radical (unpaired) electrons. The molecule has 0 spiro atoms. The second kappa shape index (κ2) is 6.37. The van der Waals surface area contributed by atoms with Crippen molar-refractivity contribution >= 4 is 21.7 Å². The lowest BCUT2D eigenvalue weighted by atomic mass is 9.99. The Morgan fingerprint density at radius 3 is 2.45 bits per heavy atom. The summed E-state index contributed by atoms with van der Waals surface area (Å²) in [6.45, 7) is 2.47. The van der Waals surface area contributed by atoms with Crippen molar-refractivity contribution in [2.45, 2.75) is 44.2 Å². The van der Waals surface area contributed by atoms with Gasteiger partial charge in [0.15, 0.2) is 5.78 Å². The molecule has 1 aliphatic carbocycles. The van der Waals surface area contributed by atoms with E-state index in [1.54, 1.807) is 0 Å². The van der Waals surface area contributed by atoms with E-state index in [9.17, 15) is 9.90 Å². The zero-order chi connectivity index (χ0) is 14.8. The number of halogens is 1. The molecule has 1 aliphatic rings. The molecule has 1 unspecified atom stereocenters. The summed E-state index contributed by atoms with van der Waals surface area (Å²) >= 11 is 3.37. The maximum absolute atomic E-state index is 12.4. The Hall–Kier alpha value is -0.710. The quantitative estimate of drug-likeness (QED) is 0.837. The minimum absolute atomic E-state index is 0.0987. The lowest BCUT2D eigenvalue weighted by molar-refractivity contribution is 0.00856. The molecule has 1 fully saturated rings. The van der Waals surface area contributed by atoms with Crippen molar-refractivity contribution in [2.24, 2.45) is 0 Å². The summed E-state index contributed by atoms with van der Waals surface area (Å²) in [6, 6.07) is 7.21. The van der Waals surface area contributed by atoms with Crippen LogP contribution in [0.15, 0.2) is 28.7 Å². The average molecular weight is 340 g/mol. The number of nitrogens with zero attached hydrogens (tertiary/aromatic N) is 1. The van der Waals surface area contributed by atoms with E-state index in [2.05, 4.69) is 15.9 Å². The molecule has 110 valence electrons. The van der Waals surface area contributed by atoms with Crippen LogP contribution >= 0.6 is 15.9 Å². The van der Waals surface area contributed by atoms with Crippen molar-refractivity contribution in [3.8, 4) is 0 Å². The van der Waals surface area contributed by atoms with E-state index < -0.39 is 5.60 Å². The van der Waals surface area contributed by atoms with Crippen molar-refractivity contribution in [1.82, 2.24) is 4.90 Å². The van der Waals surface area contributed by atoms with Crippen LogP contribution in [0, 0.1) is 0 Å². The number of Topliss-reactive ketones (excluding diaryl/α,β-unsaturated/α-hetero) is 1. The number of hydrogen-bond donors (Lipinski definition) is 1. The Morgan fingerprint density at radius 2 is 1.90 bits per heavy atom. The highest BCUT2D eigenvalue weighted by molar-refractivity contribution is 9.10. The maximum atomic E-state index is 12.4. The van der Waals surface area contributed by atoms with E-state index in [0.29, 0.717) is 12.1 Å². The van der Waals surface area contributed by atoms with Crippen molar-refractivity contribution in [2.75, 3.05) is 13.6 Å². The first-order valence-electron chi connectivity index (χ1n) is 7.14. The molecular weight excluding hydrogens is 318 g/mol. The highest BCUT2D eigenvalue weighted by Crippen LogP contribution is 2.30. The summed E-state index contributed by atoms with van der Waals surface area (Å²) in [5, 5.41) is 10.4. The van der Waals surface area contributed by atoms with Gasteiger partial charge in [-0.05, 0) is 38.9 Å². The van der Waals surface area contributed by atoms with Crippen molar-refractivity contribution in [1.29, 1.82) is 0 Å². The monoisotopic (exact) mass is 339 g/mol. The fourth-order valence-corrected chi connectivity index (χ4v) is 3.11. The second-order valence-electron chi connectivity index (χ2n) is 5.89. The Kier molecular flexibility index (Phi) is 4.99. The van der Waals surface area contributed by atoms with E-state index in [-0.39, 0.29) is 11.8 Å². The lowest BCUT2D eigenvalue weighted by Gasteiger charge is -2.32. The number of carbonyl (C=O) groups excluding carboxylic acids is 1. The molecule has 0 heterocycles. The number of hydrogen-bond acceptors (Lipinski definition) is 3. The third-order valence-electron chi connectivity index (χ3n) is 4.25. The van der Waals surface area contributed by atoms with Gasteiger partial charge in [-0.2, -0.15) is 0 Å². The van der Waals surface area contributed by atoms with Crippen molar-refractivity contribution in [3.05, 3.63) is 34.3 Å². The minimum Gasteiger partial charge on any atom is -0.389 e. The Morgan fingerprint density at radius 1 is 1.35 bits per heavy atom. The summed E-state index contributed by atoms with van der Waals surface area (Å²) in [6.07, 6.45) is 3.85. The van der Waals surface area contributed by atoms with E-state index in [0.717, 1.165) is 30.2 Å². The fraction of sp³-hybridized carbons (Fsp3) is 0.562. The number of rotatable bonds is 5. The van der Waals surface area contributed by atoms with Crippen LogP contribution in [-0.2, 0) is 0 Å². The summed E-state index contributed by atoms with van der Waals surface area (Å²) in [5.41, 5.74) is 0.106. The zero-order valence-electron chi connectivity index (χ0n) is 12.1. The normalized spacial score (nSPS) is 19.2. The molecule has 1 N–H and O–H groups in total. The molecule has 20 heavy (non-hydrogen) atoms. The van der Waals surface area contributed by atoms with Gasteiger partial charge in [0.1, 0.15) is 0 Å². The molecule has 1 aromatic rings. The highest BCUT2D eigenvalue weighted by atomic mass is 79.9. The van der Waals surface area contributed by atoms with Crippen LogP contribution < -0.4 is 0 Å². The molecule has 0 bridgehead atoms. The molecule has 0 aliphatic heterocycles. The summed E-state index contributed by atoms with van der Waals surface area (Å²) < 4.78 is 0.968. The number of ketones is 1. The van der Waals surface area contributed by atoms with Crippen molar-refractivity contribution < 1.29 is 9.90 Å². The van der Waals surface area contributed by atoms with Gasteiger partial charge < -0.3 is 5.11 Å². The highest BCUT2D eigenvalue weighted by Gasteiger charge is 2.34. The van der Waals surface area contributed by atoms with Gasteiger partial charge in [0.05, 0.1) is 11.6 Å². The number of aliphatic hydroxyl groups is 1. The lowest BCUT2D eigenvalue weighted by Crippen LogP contribution is -2.45. The van der Waals surface area contributed by atoms with Crippen LogP contribution in [0.25, 0.3) is 0 Å². The SMILES string of the molecule is CC(C(=O)c1ccc(Br)cc1)N(C)CC1(O)CCCC1. The van der Waals surface area contributed by atoms with Crippen LogP contribution in [0.4, 0.5) is 0 Å². The smallest absolute Gasteiger partial charge is 0.179 e. The zero-order valence-corrected chi connectivity index (χ0v) is 13.7. The van der Waals surface area contributed by atoms with E-state index >= 15 is 0 Å². The molecule has 4 heteroatoms.